The first-order valence-electron chi connectivity index (χ1n) is 7.99. The van der Waals surface area contributed by atoms with Crippen molar-refractivity contribution in [1.82, 2.24) is 5.32 Å². The third-order valence-corrected chi connectivity index (χ3v) is 5.21. The number of hydrogen-bond acceptors (Lipinski definition) is 3. The van der Waals surface area contributed by atoms with Crippen molar-refractivity contribution in [3.05, 3.63) is 28.8 Å². The zero-order chi connectivity index (χ0) is 15.7. The summed E-state index contributed by atoms with van der Waals surface area (Å²) in [7, 11) is 0. The van der Waals surface area contributed by atoms with Crippen molar-refractivity contribution in [3.63, 3.8) is 0 Å². The highest BCUT2D eigenvalue weighted by molar-refractivity contribution is 6.32. The first-order valence-corrected chi connectivity index (χ1v) is 8.37. The molecule has 1 aromatic rings. The van der Waals surface area contributed by atoms with E-state index < -0.39 is 5.54 Å². The molecule has 1 aliphatic heterocycles. The summed E-state index contributed by atoms with van der Waals surface area (Å²) in [6.07, 6.45) is 4.70. The lowest BCUT2D eigenvalue weighted by molar-refractivity contribution is -0.129. The Kier molecular flexibility index (Phi) is 5.82. The number of ether oxygens (including phenoxy) is 1. The Morgan fingerprint density at radius 2 is 2.17 bits per heavy atom. The van der Waals surface area contributed by atoms with Gasteiger partial charge in [-0.15, -0.1) is 12.4 Å². The largest absolute Gasteiger partial charge is 0.492 e. The predicted molar refractivity (Wildman–Crippen MR) is 94.2 cm³/mol. The molecular weight excluding hydrogens is 335 g/mol. The molecule has 0 radical (unpaired) electrons. The molecule has 2 aliphatic rings. The van der Waals surface area contributed by atoms with E-state index in [4.69, 9.17) is 22.1 Å². The van der Waals surface area contributed by atoms with Gasteiger partial charge in [-0.2, -0.15) is 0 Å². The van der Waals surface area contributed by atoms with Crippen LogP contribution >= 0.6 is 24.0 Å². The normalized spacial score (nSPS) is 29.7. The van der Waals surface area contributed by atoms with Gasteiger partial charge >= 0.3 is 0 Å². The number of benzene rings is 1. The van der Waals surface area contributed by atoms with Gasteiger partial charge < -0.3 is 15.8 Å². The van der Waals surface area contributed by atoms with Crippen LogP contribution in [0.25, 0.3) is 0 Å². The number of fused-ring (bicyclic) bond motifs is 1. The summed E-state index contributed by atoms with van der Waals surface area (Å²) in [5.74, 6) is 0.633. The molecule has 0 aromatic heterocycles. The molecule has 4 nitrogen and oxygen atoms in total. The van der Waals surface area contributed by atoms with Crippen molar-refractivity contribution >= 4 is 29.9 Å². The van der Waals surface area contributed by atoms with Gasteiger partial charge in [-0.25, -0.2) is 0 Å². The maximum Gasteiger partial charge on any atom is 0.225 e. The lowest BCUT2D eigenvalue weighted by Gasteiger charge is -2.38. The average Bonchev–Trinajstić information content (AvgIpc) is 2.48. The summed E-state index contributed by atoms with van der Waals surface area (Å²) < 4.78 is 5.64. The van der Waals surface area contributed by atoms with Crippen LogP contribution in [-0.2, 0) is 4.79 Å². The number of rotatable bonds is 2. The molecule has 1 heterocycles. The van der Waals surface area contributed by atoms with Crippen LogP contribution in [0.15, 0.2) is 18.2 Å². The Morgan fingerprint density at radius 1 is 1.39 bits per heavy atom. The van der Waals surface area contributed by atoms with E-state index in [2.05, 4.69) is 5.32 Å². The molecule has 0 saturated heterocycles. The highest BCUT2D eigenvalue weighted by Crippen LogP contribution is 2.38. The number of carbonyl (C=O) groups excluding carboxylic acids is 1. The number of carbonyl (C=O) groups is 1. The molecule has 0 spiro atoms. The van der Waals surface area contributed by atoms with E-state index in [-0.39, 0.29) is 30.3 Å². The first kappa shape index (κ1) is 18.4. The molecule has 3 N–H and O–H groups in total. The van der Waals surface area contributed by atoms with Crippen LogP contribution in [0, 0.1) is 5.92 Å². The molecule has 1 aliphatic carbocycles. The lowest BCUT2D eigenvalue weighted by Crippen LogP contribution is -2.53. The summed E-state index contributed by atoms with van der Waals surface area (Å²) >= 11 is 6.18. The molecule has 1 saturated carbocycles. The third-order valence-electron chi connectivity index (χ3n) is 4.91. The molecule has 1 fully saturated rings. The van der Waals surface area contributed by atoms with Crippen molar-refractivity contribution in [2.45, 2.75) is 50.6 Å². The monoisotopic (exact) mass is 358 g/mol. The van der Waals surface area contributed by atoms with Crippen LogP contribution in [0.4, 0.5) is 0 Å². The molecule has 23 heavy (non-hydrogen) atoms. The van der Waals surface area contributed by atoms with Gasteiger partial charge in [0, 0.05) is 17.5 Å². The molecule has 6 heteroatoms. The van der Waals surface area contributed by atoms with Crippen LogP contribution in [0.3, 0.4) is 0 Å². The lowest BCUT2D eigenvalue weighted by atomic mass is 9.74. The Balaban J connectivity index is 0.00000192. The van der Waals surface area contributed by atoms with E-state index in [1.165, 1.54) is 0 Å². The van der Waals surface area contributed by atoms with E-state index >= 15 is 0 Å². The minimum atomic E-state index is -0.412. The van der Waals surface area contributed by atoms with Crippen LogP contribution in [0.5, 0.6) is 5.75 Å². The molecule has 1 aromatic carbocycles. The summed E-state index contributed by atoms with van der Waals surface area (Å²) in [6.45, 7) is 2.55. The average molecular weight is 359 g/mol. The van der Waals surface area contributed by atoms with Gasteiger partial charge in [0.1, 0.15) is 5.75 Å². The highest BCUT2D eigenvalue weighted by atomic mass is 35.5. The Bertz CT molecular complexity index is 578. The summed E-state index contributed by atoms with van der Waals surface area (Å²) in [4.78, 5) is 12.7. The molecular formula is C17H24Cl2N2O2. The van der Waals surface area contributed by atoms with Gasteiger partial charge in [-0.1, -0.05) is 36.6 Å². The molecule has 3 atom stereocenters. The second-order valence-electron chi connectivity index (χ2n) is 6.66. The van der Waals surface area contributed by atoms with Crippen molar-refractivity contribution in [2.24, 2.45) is 11.7 Å². The fourth-order valence-corrected chi connectivity index (χ4v) is 3.83. The van der Waals surface area contributed by atoms with Crippen LogP contribution in [-0.4, -0.2) is 18.1 Å². The Morgan fingerprint density at radius 3 is 2.91 bits per heavy atom. The van der Waals surface area contributed by atoms with Gasteiger partial charge in [-0.3, -0.25) is 4.79 Å². The van der Waals surface area contributed by atoms with E-state index in [9.17, 15) is 4.79 Å². The number of para-hydroxylation sites is 1. The van der Waals surface area contributed by atoms with E-state index in [0.717, 1.165) is 37.7 Å². The fourth-order valence-electron chi connectivity index (χ4n) is 3.60. The van der Waals surface area contributed by atoms with Crippen molar-refractivity contribution in [2.75, 3.05) is 6.61 Å². The highest BCUT2D eigenvalue weighted by Gasteiger charge is 2.39. The molecule has 3 rings (SSSR count). The first-order chi connectivity index (χ1) is 10.5. The van der Waals surface area contributed by atoms with Gasteiger partial charge in [0.25, 0.3) is 0 Å². The summed E-state index contributed by atoms with van der Waals surface area (Å²) in [5, 5.41) is 3.77. The Labute approximate surface area is 148 Å². The van der Waals surface area contributed by atoms with Gasteiger partial charge in [0.05, 0.1) is 23.6 Å². The minimum absolute atomic E-state index is 0. The third kappa shape index (κ3) is 3.76. The van der Waals surface area contributed by atoms with E-state index in [0.29, 0.717) is 17.4 Å². The molecule has 3 unspecified atom stereocenters. The zero-order valence-corrected chi connectivity index (χ0v) is 14.9. The molecule has 0 bridgehead atoms. The number of amides is 1. The number of hydrogen-bond donors (Lipinski definition) is 2. The number of nitrogens with two attached hydrogens (primary N) is 1. The van der Waals surface area contributed by atoms with E-state index in [1.54, 1.807) is 0 Å². The minimum Gasteiger partial charge on any atom is -0.492 e. The zero-order valence-electron chi connectivity index (χ0n) is 13.3. The standard InChI is InChI=1S/C17H23ClN2O2.ClH/c1-17(19)9-3-2-6-12(17)16(21)20-14-8-10-22-15-11(14)5-4-7-13(15)18;/h4-5,7,12,14H,2-3,6,8-10,19H2,1H3,(H,20,21);1H. The number of halogens is 2. The van der Waals surface area contributed by atoms with Crippen LogP contribution in [0.1, 0.15) is 50.6 Å². The second-order valence-corrected chi connectivity index (χ2v) is 7.07. The van der Waals surface area contributed by atoms with Gasteiger partial charge in [0.2, 0.25) is 5.91 Å². The van der Waals surface area contributed by atoms with Gasteiger partial charge in [0.15, 0.2) is 0 Å². The summed E-state index contributed by atoms with van der Waals surface area (Å²) in [5.41, 5.74) is 6.89. The van der Waals surface area contributed by atoms with Gasteiger partial charge in [-0.05, 0) is 25.8 Å². The SMILES string of the molecule is CC1(N)CCCCC1C(=O)NC1CCOc2c(Cl)cccc21.Cl. The van der Waals surface area contributed by atoms with E-state index in [1.807, 2.05) is 25.1 Å². The van der Waals surface area contributed by atoms with Crippen molar-refractivity contribution in [3.8, 4) is 5.75 Å². The second kappa shape index (κ2) is 7.29. The maximum absolute atomic E-state index is 12.7. The predicted octanol–water partition coefficient (Wildman–Crippen LogP) is 3.61. The van der Waals surface area contributed by atoms with Crippen molar-refractivity contribution < 1.29 is 9.53 Å². The van der Waals surface area contributed by atoms with Crippen molar-refractivity contribution in [1.29, 1.82) is 0 Å². The topological polar surface area (TPSA) is 64.4 Å². The Hall–Kier alpha value is -0.970. The van der Waals surface area contributed by atoms with Crippen LogP contribution in [0.2, 0.25) is 5.02 Å². The maximum atomic E-state index is 12.7. The fraction of sp³-hybridized carbons (Fsp3) is 0.588. The van der Waals surface area contributed by atoms with Crippen LogP contribution < -0.4 is 15.8 Å². The number of nitrogens with one attached hydrogen (secondary N) is 1. The smallest absolute Gasteiger partial charge is 0.225 e. The molecule has 128 valence electrons. The summed E-state index contributed by atoms with van der Waals surface area (Å²) in [6, 6.07) is 5.62. The quantitative estimate of drug-likeness (QED) is 0.848. The molecule has 1 amide bonds.